The molecule has 1 aliphatic heterocycles. The fourth-order valence-corrected chi connectivity index (χ4v) is 5.20. The molecule has 4 rings (SSSR count). The molecule has 0 spiro atoms. The molecule has 10 heteroatoms. The van der Waals surface area contributed by atoms with Crippen molar-refractivity contribution in [1.82, 2.24) is 8.87 Å². The summed E-state index contributed by atoms with van der Waals surface area (Å²) in [5.74, 6) is -1.17. The minimum atomic E-state index is -3.64. The lowest BCUT2D eigenvalue weighted by Gasteiger charge is -2.15. The maximum atomic E-state index is 12.7. The van der Waals surface area contributed by atoms with Crippen LogP contribution in [-0.4, -0.2) is 36.3 Å². The molecule has 0 unspecified atom stereocenters. The Hall–Kier alpha value is -2.62. The fraction of sp³-hybridized carbons (Fsp3) is 0.300. The molecule has 1 amide bonds. The Kier molecular flexibility index (Phi) is 5.44. The van der Waals surface area contributed by atoms with Crippen molar-refractivity contribution < 1.29 is 17.6 Å². The van der Waals surface area contributed by atoms with Gasteiger partial charge in [0.15, 0.2) is 5.58 Å². The summed E-state index contributed by atoms with van der Waals surface area (Å²) in [5, 5.41) is 3.21. The van der Waals surface area contributed by atoms with Gasteiger partial charge in [-0.2, -0.15) is 4.31 Å². The van der Waals surface area contributed by atoms with Gasteiger partial charge in [-0.25, -0.2) is 13.2 Å². The molecule has 30 heavy (non-hydrogen) atoms. The molecular formula is C20H20ClN3O5S. The second-order valence-corrected chi connectivity index (χ2v) is 9.58. The summed E-state index contributed by atoms with van der Waals surface area (Å²) in [7, 11) is -3.64. The normalized spacial score (nSPS) is 15.0. The number of anilines is 1. The number of amides is 1. The molecule has 1 aromatic heterocycles. The minimum absolute atomic E-state index is 0.0665. The number of nitrogens with zero attached hydrogens (tertiary/aromatic N) is 2. The highest BCUT2D eigenvalue weighted by Gasteiger charge is 2.28. The predicted molar refractivity (Wildman–Crippen MR) is 113 cm³/mol. The Morgan fingerprint density at radius 1 is 1.17 bits per heavy atom. The summed E-state index contributed by atoms with van der Waals surface area (Å²) in [6.45, 7) is 2.51. The van der Waals surface area contributed by atoms with E-state index < -0.39 is 21.7 Å². The largest absolute Gasteiger partial charge is 0.420 e. The Labute approximate surface area is 178 Å². The number of fused-ring (bicyclic) bond motifs is 1. The van der Waals surface area contributed by atoms with Crippen LogP contribution in [0, 0.1) is 6.92 Å². The van der Waals surface area contributed by atoms with Crippen molar-refractivity contribution in [2.75, 3.05) is 18.4 Å². The first-order chi connectivity index (χ1) is 14.3. The monoisotopic (exact) mass is 449 g/mol. The molecule has 2 heterocycles. The average molecular weight is 450 g/mol. The van der Waals surface area contributed by atoms with E-state index in [1.807, 2.05) is 6.92 Å². The topological polar surface area (TPSA) is 102 Å². The molecule has 0 atom stereocenters. The Morgan fingerprint density at radius 3 is 2.63 bits per heavy atom. The molecule has 3 aromatic rings. The van der Waals surface area contributed by atoms with E-state index in [4.69, 9.17) is 16.0 Å². The second-order valence-electron chi connectivity index (χ2n) is 7.20. The van der Waals surface area contributed by atoms with E-state index >= 15 is 0 Å². The van der Waals surface area contributed by atoms with Gasteiger partial charge in [0.05, 0.1) is 10.4 Å². The van der Waals surface area contributed by atoms with Crippen LogP contribution in [0.15, 0.2) is 50.5 Å². The highest BCUT2D eigenvalue weighted by atomic mass is 35.5. The molecule has 1 fully saturated rings. The smallest absolute Gasteiger partial charge is 0.408 e. The Morgan fingerprint density at radius 2 is 1.90 bits per heavy atom. The maximum absolute atomic E-state index is 12.7. The molecule has 1 N–H and O–H groups in total. The number of carbonyl (C=O) groups excluding carboxylic acids is 1. The van der Waals surface area contributed by atoms with Gasteiger partial charge >= 0.3 is 5.76 Å². The van der Waals surface area contributed by atoms with E-state index in [-0.39, 0.29) is 17.0 Å². The molecule has 0 radical (unpaired) electrons. The third kappa shape index (κ3) is 3.88. The van der Waals surface area contributed by atoms with Gasteiger partial charge in [-0.1, -0.05) is 17.7 Å². The van der Waals surface area contributed by atoms with Crippen molar-refractivity contribution in [3.05, 3.63) is 57.5 Å². The lowest BCUT2D eigenvalue weighted by atomic mass is 10.2. The van der Waals surface area contributed by atoms with Gasteiger partial charge in [-0.15, -0.1) is 0 Å². The number of hydrogen-bond donors (Lipinski definition) is 1. The lowest BCUT2D eigenvalue weighted by molar-refractivity contribution is -0.116. The standard InChI is InChI=1S/C20H20ClN3O5S/c1-13-4-5-14(21)10-16(13)22-19(25)12-24-17-7-6-15(11-18(17)29-20(24)26)30(27,28)23-8-2-3-9-23/h4-7,10-11H,2-3,8-9,12H2,1H3,(H,22,25). The van der Waals surface area contributed by atoms with E-state index in [2.05, 4.69) is 5.32 Å². The molecule has 8 nitrogen and oxygen atoms in total. The van der Waals surface area contributed by atoms with Crippen LogP contribution in [0.3, 0.4) is 0 Å². The summed E-state index contributed by atoms with van der Waals surface area (Å²) < 4.78 is 33.3. The summed E-state index contributed by atoms with van der Waals surface area (Å²) >= 11 is 5.97. The fourth-order valence-electron chi connectivity index (χ4n) is 3.50. The zero-order valence-electron chi connectivity index (χ0n) is 16.2. The van der Waals surface area contributed by atoms with Crippen LogP contribution in [0.25, 0.3) is 11.1 Å². The lowest BCUT2D eigenvalue weighted by Crippen LogP contribution is -2.27. The predicted octanol–water partition coefficient (Wildman–Crippen LogP) is 2.98. The number of rotatable bonds is 5. The molecule has 2 aromatic carbocycles. The van der Waals surface area contributed by atoms with E-state index in [9.17, 15) is 18.0 Å². The SMILES string of the molecule is Cc1ccc(Cl)cc1NC(=O)Cn1c(=O)oc2cc(S(=O)(=O)N3CCCC3)ccc21. The van der Waals surface area contributed by atoms with Gasteiger partial charge in [-0.3, -0.25) is 9.36 Å². The van der Waals surface area contributed by atoms with E-state index in [1.165, 1.54) is 22.5 Å². The quantitative estimate of drug-likeness (QED) is 0.645. The number of halogens is 1. The second kappa shape index (κ2) is 7.90. The zero-order chi connectivity index (χ0) is 21.5. The summed E-state index contributed by atoms with van der Waals surface area (Å²) in [6, 6.07) is 9.37. The summed E-state index contributed by atoms with van der Waals surface area (Å²) in [6.07, 6.45) is 1.66. The zero-order valence-corrected chi connectivity index (χ0v) is 17.8. The van der Waals surface area contributed by atoms with Crippen LogP contribution in [-0.2, 0) is 21.4 Å². The first kappa shape index (κ1) is 20.6. The number of oxazole rings is 1. The van der Waals surface area contributed by atoms with E-state index in [1.54, 1.807) is 18.2 Å². The van der Waals surface area contributed by atoms with Crippen LogP contribution in [0.2, 0.25) is 5.02 Å². The van der Waals surface area contributed by atoms with Crippen molar-refractivity contribution >= 4 is 44.3 Å². The molecule has 1 aliphatic rings. The highest BCUT2D eigenvalue weighted by Crippen LogP contribution is 2.25. The molecule has 0 aliphatic carbocycles. The maximum Gasteiger partial charge on any atom is 0.420 e. The van der Waals surface area contributed by atoms with Gasteiger partial charge in [-0.05, 0) is 49.6 Å². The number of carbonyl (C=O) groups is 1. The van der Waals surface area contributed by atoms with Crippen LogP contribution >= 0.6 is 11.6 Å². The molecular weight excluding hydrogens is 430 g/mol. The molecule has 0 saturated carbocycles. The third-order valence-corrected chi connectivity index (χ3v) is 7.25. The van der Waals surface area contributed by atoms with E-state index in [0.29, 0.717) is 29.3 Å². The number of aryl methyl sites for hydroxylation is 1. The van der Waals surface area contributed by atoms with Crippen LogP contribution < -0.4 is 11.1 Å². The molecule has 1 saturated heterocycles. The highest BCUT2D eigenvalue weighted by molar-refractivity contribution is 7.89. The van der Waals surface area contributed by atoms with Crippen LogP contribution in [0.4, 0.5) is 5.69 Å². The first-order valence-corrected chi connectivity index (χ1v) is 11.3. The number of sulfonamides is 1. The Balaban J connectivity index is 1.61. The number of aromatic nitrogens is 1. The van der Waals surface area contributed by atoms with Crippen molar-refractivity contribution in [3.63, 3.8) is 0 Å². The van der Waals surface area contributed by atoms with Gasteiger partial charge in [0, 0.05) is 29.9 Å². The molecule has 0 bridgehead atoms. The van der Waals surface area contributed by atoms with Crippen molar-refractivity contribution in [1.29, 1.82) is 0 Å². The Bertz CT molecular complexity index is 1290. The third-order valence-electron chi connectivity index (χ3n) is 5.12. The van der Waals surface area contributed by atoms with Crippen LogP contribution in [0.1, 0.15) is 18.4 Å². The minimum Gasteiger partial charge on any atom is -0.408 e. The van der Waals surface area contributed by atoms with Crippen molar-refractivity contribution in [3.8, 4) is 0 Å². The first-order valence-electron chi connectivity index (χ1n) is 9.45. The van der Waals surface area contributed by atoms with Gasteiger partial charge in [0.1, 0.15) is 6.54 Å². The van der Waals surface area contributed by atoms with Gasteiger partial charge in [0.2, 0.25) is 15.9 Å². The summed E-state index contributed by atoms with van der Waals surface area (Å²) in [5.41, 5.74) is 1.84. The number of benzene rings is 2. The number of nitrogens with one attached hydrogen (secondary N) is 1. The number of hydrogen-bond acceptors (Lipinski definition) is 5. The van der Waals surface area contributed by atoms with Crippen molar-refractivity contribution in [2.45, 2.75) is 31.2 Å². The van der Waals surface area contributed by atoms with E-state index in [0.717, 1.165) is 23.0 Å². The van der Waals surface area contributed by atoms with Crippen LogP contribution in [0.5, 0.6) is 0 Å². The molecule has 158 valence electrons. The van der Waals surface area contributed by atoms with Crippen molar-refractivity contribution in [2.24, 2.45) is 0 Å². The summed E-state index contributed by atoms with van der Waals surface area (Å²) in [4.78, 5) is 24.8. The van der Waals surface area contributed by atoms with Gasteiger partial charge in [0.25, 0.3) is 0 Å². The average Bonchev–Trinajstić information content (AvgIpc) is 3.33. The van der Waals surface area contributed by atoms with Gasteiger partial charge < -0.3 is 9.73 Å².